The highest BCUT2D eigenvalue weighted by Gasteiger charge is 2.12. The lowest BCUT2D eigenvalue weighted by Crippen LogP contribution is -2.08. The van der Waals surface area contributed by atoms with Crippen LogP contribution in [0, 0.1) is 25.2 Å². The van der Waals surface area contributed by atoms with Crippen LogP contribution in [-0.2, 0) is 13.1 Å². The van der Waals surface area contributed by atoms with Gasteiger partial charge in [0.25, 0.3) is 0 Å². The predicted molar refractivity (Wildman–Crippen MR) is 117 cm³/mol. The standard InChI is InChI=1S/C24H22N6/c1-17-18(2)28-29-24(23(17)13-25)27-14-21-5-3-4-6-22(21)20-9-7-19(8-10-20)15-30-12-11-26-16-30/h3-12,16H,14-15H2,1-2H3,(H,27,29). The minimum absolute atomic E-state index is 0.520. The first-order valence-electron chi connectivity index (χ1n) is 9.76. The highest BCUT2D eigenvalue weighted by molar-refractivity contribution is 5.68. The highest BCUT2D eigenvalue weighted by atomic mass is 15.2. The third-order valence-corrected chi connectivity index (χ3v) is 5.22. The molecule has 0 bridgehead atoms. The fraction of sp³-hybridized carbons (Fsp3) is 0.167. The Kier molecular flexibility index (Phi) is 5.53. The Morgan fingerprint density at radius 1 is 1.03 bits per heavy atom. The predicted octanol–water partition coefficient (Wildman–Crippen LogP) is 4.49. The van der Waals surface area contributed by atoms with Crippen molar-refractivity contribution in [3.05, 3.63) is 95.2 Å². The van der Waals surface area contributed by atoms with E-state index >= 15 is 0 Å². The van der Waals surface area contributed by atoms with Gasteiger partial charge in [-0.2, -0.15) is 10.4 Å². The van der Waals surface area contributed by atoms with Crippen LogP contribution in [0.25, 0.3) is 11.1 Å². The fourth-order valence-corrected chi connectivity index (χ4v) is 3.38. The highest BCUT2D eigenvalue weighted by Crippen LogP contribution is 2.26. The van der Waals surface area contributed by atoms with Crippen LogP contribution in [-0.4, -0.2) is 19.7 Å². The molecule has 0 atom stereocenters. The SMILES string of the molecule is Cc1nnc(NCc2ccccc2-c2ccc(Cn3ccnc3)cc2)c(C#N)c1C. The average molecular weight is 394 g/mol. The first-order valence-corrected chi connectivity index (χ1v) is 9.76. The largest absolute Gasteiger partial charge is 0.363 e. The number of aryl methyl sites for hydroxylation is 1. The van der Waals surface area contributed by atoms with Gasteiger partial charge in [-0.3, -0.25) is 0 Å². The molecule has 0 fully saturated rings. The molecule has 2 aromatic carbocycles. The summed E-state index contributed by atoms with van der Waals surface area (Å²) in [6, 6.07) is 19.1. The molecule has 2 heterocycles. The van der Waals surface area contributed by atoms with E-state index in [9.17, 15) is 5.26 Å². The van der Waals surface area contributed by atoms with Gasteiger partial charge in [0.05, 0.1) is 12.0 Å². The molecular formula is C24H22N6. The van der Waals surface area contributed by atoms with Crippen molar-refractivity contribution in [2.24, 2.45) is 0 Å². The van der Waals surface area contributed by atoms with Crippen molar-refractivity contribution in [3.63, 3.8) is 0 Å². The zero-order chi connectivity index (χ0) is 20.9. The van der Waals surface area contributed by atoms with Crippen LogP contribution in [0.5, 0.6) is 0 Å². The molecule has 6 heteroatoms. The van der Waals surface area contributed by atoms with Gasteiger partial charge in [-0.1, -0.05) is 48.5 Å². The quantitative estimate of drug-likeness (QED) is 0.521. The second-order valence-corrected chi connectivity index (χ2v) is 7.19. The first kappa shape index (κ1) is 19.3. The molecule has 0 aliphatic carbocycles. The summed E-state index contributed by atoms with van der Waals surface area (Å²) in [5, 5.41) is 21.1. The zero-order valence-corrected chi connectivity index (χ0v) is 17.0. The van der Waals surface area contributed by atoms with Crippen molar-refractivity contribution in [1.29, 1.82) is 5.26 Å². The maximum absolute atomic E-state index is 9.51. The summed E-state index contributed by atoms with van der Waals surface area (Å²) in [5.41, 5.74) is 6.82. The van der Waals surface area contributed by atoms with Crippen LogP contribution < -0.4 is 5.32 Å². The van der Waals surface area contributed by atoms with Gasteiger partial charge in [-0.25, -0.2) is 4.98 Å². The van der Waals surface area contributed by atoms with Gasteiger partial charge in [-0.05, 0) is 41.7 Å². The van der Waals surface area contributed by atoms with Crippen molar-refractivity contribution in [2.45, 2.75) is 26.9 Å². The second-order valence-electron chi connectivity index (χ2n) is 7.19. The third-order valence-electron chi connectivity index (χ3n) is 5.22. The second kappa shape index (κ2) is 8.58. The van der Waals surface area contributed by atoms with E-state index in [1.54, 1.807) is 6.20 Å². The molecule has 0 amide bonds. The number of benzene rings is 2. The Bertz CT molecular complexity index is 1190. The number of nitriles is 1. The first-order chi connectivity index (χ1) is 14.7. The minimum atomic E-state index is 0.520. The van der Waals surface area contributed by atoms with Crippen LogP contribution in [0.3, 0.4) is 0 Å². The van der Waals surface area contributed by atoms with E-state index in [0.29, 0.717) is 17.9 Å². The maximum Gasteiger partial charge on any atom is 0.167 e. The van der Waals surface area contributed by atoms with E-state index in [4.69, 9.17) is 0 Å². The smallest absolute Gasteiger partial charge is 0.167 e. The number of aromatic nitrogens is 4. The molecular weight excluding hydrogens is 372 g/mol. The number of imidazole rings is 1. The summed E-state index contributed by atoms with van der Waals surface area (Å²) in [7, 11) is 0. The Balaban J connectivity index is 1.55. The lowest BCUT2D eigenvalue weighted by molar-refractivity contribution is 0.797. The summed E-state index contributed by atoms with van der Waals surface area (Å²) < 4.78 is 2.05. The summed E-state index contributed by atoms with van der Waals surface area (Å²) in [6.45, 7) is 5.11. The fourth-order valence-electron chi connectivity index (χ4n) is 3.38. The molecule has 1 N–H and O–H groups in total. The van der Waals surface area contributed by atoms with E-state index in [-0.39, 0.29) is 0 Å². The minimum Gasteiger partial charge on any atom is -0.363 e. The molecule has 0 spiro atoms. The zero-order valence-electron chi connectivity index (χ0n) is 17.0. The Morgan fingerprint density at radius 2 is 1.83 bits per heavy atom. The Morgan fingerprint density at radius 3 is 2.57 bits per heavy atom. The molecule has 0 aliphatic heterocycles. The number of hydrogen-bond acceptors (Lipinski definition) is 5. The lowest BCUT2D eigenvalue weighted by atomic mass is 9.98. The van der Waals surface area contributed by atoms with Crippen LogP contribution in [0.15, 0.2) is 67.3 Å². The average Bonchev–Trinajstić information content (AvgIpc) is 3.28. The molecule has 30 heavy (non-hydrogen) atoms. The molecule has 148 valence electrons. The van der Waals surface area contributed by atoms with E-state index in [1.165, 1.54) is 5.56 Å². The van der Waals surface area contributed by atoms with Gasteiger partial charge in [0.15, 0.2) is 5.82 Å². The van der Waals surface area contributed by atoms with Crippen LogP contribution in [0.2, 0.25) is 0 Å². The molecule has 0 saturated carbocycles. The number of hydrogen-bond donors (Lipinski definition) is 1. The van der Waals surface area contributed by atoms with Gasteiger partial charge < -0.3 is 9.88 Å². The van der Waals surface area contributed by atoms with E-state index in [0.717, 1.165) is 34.5 Å². The van der Waals surface area contributed by atoms with Crippen molar-refractivity contribution >= 4 is 5.82 Å². The molecule has 0 aliphatic rings. The Labute approximate surface area is 175 Å². The van der Waals surface area contributed by atoms with Crippen molar-refractivity contribution in [1.82, 2.24) is 19.7 Å². The Hall–Kier alpha value is -3.98. The number of nitrogens with zero attached hydrogens (tertiary/aromatic N) is 5. The van der Waals surface area contributed by atoms with Gasteiger partial charge >= 0.3 is 0 Å². The van der Waals surface area contributed by atoms with Crippen LogP contribution >= 0.6 is 0 Å². The monoisotopic (exact) mass is 394 g/mol. The third kappa shape index (κ3) is 4.06. The maximum atomic E-state index is 9.51. The molecule has 4 aromatic rings. The number of nitrogens with one attached hydrogen (secondary N) is 1. The van der Waals surface area contributed by atoms with Crippen molar-refractivity contribution in [3.8, 4) is 17.2 Å². The van der Waals surface area contributed by atoms with Gasteiger partial charge in [0.1, 0.15) is 11.6 Å². The van der Waals surface area contributed by atoms with E-state index in [2.05, 4.69) is 63.0 Å². The van der Waals surface area contributed by atoms with E-state index in [1.807, 2.05) is 43.1 Å². The lowest BCUT2D eigenvalue weighted by Gasteiger charge is -2.13. The van der Waals surface area contributed by atoms with Crippen LogP contribution in [0.1, 0.15) is 27.9 Å². The molecule has 2 aromatic heterocycles. The summed E-state index contributed by atoms with van der Waals surface area (Å²) in [6.07, 6.45) is 5.56. The summed E-state index contributed by atoms with van der Waals surface area (Å²) >= 11 is 0. The van der Waals surface area contributed by atoms with Gasteiger partial charge in [0.2, 0.25) is 0 Å². The molecule has 4 rings (SSSR count). The summed E-state index contributed by atoms with van der Waals surface area (Å²) in [5.74, 6) is 0.520. The number of rotatable bonds is 6. The molecule has 0 saturated heterocycles. The number of anilines is 1. The molecule has 0 radical (unpaired) electrons. The van der Waals surface area contributed by atoms with Gasteiger partial charge in [0, 0.05) is 25.5 Å². The topological polar surface area (TPSA) is 79.4 Å². The van der Waals surface area contributed by atoms with Crippen molar-refractivity contribution in [2.75, 3.05) is 5.32 Å². The summed E-state index contributed by atoms with van der Waals surface area (Å²) in [4.78, 5) is 4.09. The van der Waals surface area contributed by atoms with Crippen molar-refractivity contribution < 1.29 is 0 Å². The van der Waals surface area contributed by atoms with E-state index < -0.39 is 0 Å². The van der Waals surface area contributed by atoms with Crippen LogP contribution in [0.4, 0.5) is 5.82 Å². The normalized spacial score (nSPS) is 10.6. The molecule has 6 nitrogen and oxygen atoms in total. The molecule has 0 unspecified atom stereocenters. The van der Waals surface area contributed by atoms with Gasteiger partial charge in [-0.15, -0.1) is 5.10 Å².